The molecule has 0 saturated heterocycles. The van der Waals surface area contributed by atoms with E-state index < -0.39 is 0 Å². The summed E-state index contributed by atoms with van der Waals surface area (Å²) in [6.07, 6.45) is 1.97. The summed E-state index contributed by atoms with van der Waals surface area (Å²) in [6.45, 7) is 9.52. The molecule has 0 fully saturated rings. The van der Waals surface area contributed by atoms with Crippen LogP contribution in [0.15, 0.2) is 18.2 Å². The van der Waals surface area contributed by atoms with Gasteiger partial charge in [-0.1, -0.05) is 33.8 Å². The molecule has 0 bridgehead atoms. The van der Waals surface area contributed by atoms with Gasteiger partial charge < -0.3 is 10.1 Å². The van der Waals surface area contributed by atoms with E-state index in [0.29, 0.717) is 30.9 Å². The molecule has 0 saturated carbocycles. The summed E-state index contributed by atoms with van der Waals surface area (Å²) in [5.41, 5.74) is 0.938. The van der Waals surface area contributed by atoms with Crippen LogP contribution in [0, 0.1) is 16.0 Å². The van der Waals surface area contributed by atoms with E-state index in [1.54, 1.807) is 12.1 Å². The lowest BCUT2D eigenvalue weighted by Gasteiger charge is -2.11. The number of benzene rings is 1. The Morgan fingerprint density at radius 2 is 2.00 bits per heavy atom. The molecular weight excluding hydrogens is 268 g/mol. The molecule has 0 unspecified atom stereocenters. The van der Waals surface area contributed by atoms with Gasteiger partial charge in [0.05, 0.1) is 11.5 Å². The zero-order valence-corrected chi connectivity index (χ0v) is 13.4. The van der Waals surface area contributed by atoms with E-state index in [2.05, 4.69) is 19.2 Å². The number of rotatable bonds is 9. The first-order valence-corrected chi connectivity index (χ1v) is 7.53. The van der Waals surface area contributed by atoms with Crippen LogP contribution in [0.3, 0.4) is 0 Å². The van der Waals surface area contributed by atoms with Gasteiger partial charge in [0.25, 0.3) is 0 Å². The molecule has 5 heteroatoms. The van der Waals surface area contributed by atoms with Crippen LogP contribution in [0.25, 0.3) is 0 Å². The Labute approximate surface area is 126 Å². The number of nitrogens with zero attached hydrogens (tertiary/aromatic N) is 1. The molecule has 0 aromatic heterocycles. The first-order chi connectivity index (χ1) is 9.90. The third kappa shape index (κ3) is 6.58. The summed E-state index contributed by atoms with van der Waals surface area (Å²) < 4.78 is 5.57. The molecule has 1 N–H and O–H groups in total. The zero-order chi connectivity index (χ0) is 15.8. The molecule has 0 amide bonds. The Morgan fingerprint density at radius 3 is 2.57 bits per heavy atom. The summed E-state index contributed by atoms with van der Waals surface area (Å²) in [4.78, 5) is 10.8. The van der Waals surface area contributed by atoms with E-state index in [4.69, 9.17) is 4.74 Å². The van der Waals surface area contributed by atoms with Crippen LogP contribution < -0.4 is 10.1 Å². The van der Waals surface area contributed by atoms with Crippen LogP contribution in [-0.4, -0.2) is 17.6 Å². The van der Waals surface area contributed by atoms with Crippen molar-refractivity contribution in [3.63, 3.8) is 0 Å². The standard InChI is InChI=1S/C16H26N2O3/c1-12(2)6-5-9-21-16-8-7-14(11-17-13(3)4)10-15(16)18(19)20/h7-8,10,12-13,17H,5-6,9,11H2,1-4H3. The second-order valence-electron chi connectivity index (χ2n) is 5.98. The summed E-state index contributed by atoms with van der Waals surface area (Å²) in [6, 6.07) is 5.51. The highest BCUT2D eigenvalue weighted by atomic mass is 16.6. The van der Waals surface area contributed by atoms with E-state index in [1.165, 1.54) is 0 Å². The molecule has 0 spiro atoms. The zero-order valence-electron chi connectivity index (χ0n) is 13.4. The lowest BCUT2D eigenvalue weighted by molar-refractivity contribution is -0.385. The number of nitro benzene ring substituents is 1. The Kier molecular flexibility index (Phi) is 7.15. The summed E-state index contributed by atoms with van der Waals surface area (Å²) in [5, 5.41) is 14.4. The SMILES string of the molecule is CC(C)CCCOc1ccc(CNC(C)C)cc1[N+](=O)[O-]. The van der Waals surface area contributed by atoms with Crippen molar-refractivity contribution in [1.82, 2.24) is 5.32 Å². The van der Waals surface area contributed by atoms with Gasteiger partial charge in [0, 0.05) is 18.7 Å². The van der Waals surface area contributed by atoms with Crippen molar-refractivity contribution in [2.75, 3.05) is 6.61 Å². The number of nitrogens with one attached hydrogen (secondary N) is 1. The molecular formula is C16H26N2O3. The van der Waals surface area contributed by atoms with E-state index in [0.717, 1.165) is 18.4 Å². The Hall–Kier alpha value is -1.62. The fraction of sp³-hybridized carbons (Fsp3) is 0.625. The lowest BCUT2D eigenvalue weighted by Crippen LogP contribution is -2.21. The molecule has 0 radical (unpaired) electrons. The predicted molar refractivity (Wildman–Crippen MR) is 84.6 cm³/mol. The highest BCUT2D eigenvalue weighted by molar-refractivity contribution is 5.48. The first-order valence-electron chi connectivity index (χ1n) is 7.53. The Balaban J connectivity index is 2.68. The molecule has 21 heavy (non-hydrogen) atoms. The second kappa shape index (κ2) is 8.62. The average Bonchev–Trinajstić information content (AvgIpc) is 2.41. The van der Waals surface area contributed by atoms with Gasteiger partial charge in [-0.15, -0.1) is 0 Å². The molecule has 118 valence electrons. The Bertz CT molecular complexity index is 459. The van der Waals surface area contributed by atoms with Crippen LogP contribution >= 0.6 is 0 Å². The van der Waals surface area contributed by atoms with E-state index in [9.17, 15) is 10.1 Å². The minimum atomic E-state index is -0.378. The maximum Gasteiger partial charge on any atom is 0.311 e. The molecule has 5 nitrogen and oxygen atoms in total. The van der Waals surface area contributed by atoms with Gasteiger partial charge in [-0.3, -0.25) is 10.1 Å². The van der Waals surface area contributed by atoms with Gasteiger partial charge in [0.1, 0.15) is 0 Å². The van der Waals surface area contributed by atoms with Crippen molar-refractivity contribution in [2.45, 2.75) is 53.1 Å². The second-order valence-corrected chi connectivity index (χ2v) is 5.98. The highest BCUT2D eigenvalue weighted by Crippen LogP contribution is 2.28. The van der Waals surface area contributed by atoms with Gasteiger partial charge in [-0.05, 0) is 30.4 Å². The normalized spacial score (nSPS) is 11.1. The van der Waals surface area contributed by atoms with Crippen molar-refractivity contribution >= 4 is 5.69 Å². The molecule has 0 atom stereocenters. The van der Waals surface area contributed by atoms with Gasteiger partial charge in [0.2, 0.25) is 0 Å². The van der Waals surface area contributed by atoms with Crippen LogP contribution in [0.5, 0.6) is 5.75 Å². The fourth-order valence-corrected chi connectivity index (χ4v) is 1.93. The van der Waals surface area contributed by atoms with Crippen LogP contribution in [0.2, 0.25) is 0 Å². The first kappa shape index (κ1) is 17.4. The minimum Gasteiger partial charge on any atom is -0.487 e. The molecule has 1 rings (SSSR count). The number of nitro groups is 1. The number of hydrogen-bond acceptors (Lipinski definition) is 4. The van der Waals surface area contributed by atoms with Gasteiger partial charge in [0.15, 0.2) is 5.75 Å². The summed E-state index contributed by atoms with van der Waals surface area (Å²) in [5.74, 6) is 0.977. The number of hydrogen-bond donors (Lipinski definition) is 1. The third-order valence-corrected chi connectivity index (χ3v) is 3.12. The third-order valence-electron chi connectivity index (χ3n) is 3.12. The summed E-state index contributed by atoms with van der Waals surface area (Å²) >= 11 is 0. The molecule has 0 aliphatic heterocycles. The molecule has 1 aromatic rings. The van der Waals surface area contributed by atoms with Gasteiger partial charge in [-0.2, -0.15) is 0 Å². The average molecular weight is 294 g/mol. The predicted octanol–water partition coefficient (Wildman–Crippen LogP) is 3.91. The molecule has 0 aliphatic carbocycles. The smallest absolute Gasteiger partial charge is 0.311 e. The van der Waals surface area contributed by atoms with Crippen molar-refractivity contribution in [1.29, 1.82) is 0 Å². The minimum absolute atomic E-state index is 0.0441. The number of ether oxygens (including phenoxy) is 1. The van der Waals surface area contributed by atoms with Crippen molar-refractivity contribution < 1.29 is 9.66 Å². The van der Waals surface area contributed by atoms with Crippen molar-refractivity contribution in [2.24, 2.45) is 5.92 Å². The van der Waals surface area contributed by atoms with E-state index in [-0.39, 0.29) is 10.6 Å². The maximum atomic E-state index is 11.2. The quantitative estimate of drug-likeness (QED) is 0.426. The van der Waals surface area contributed by atoms with Crippen molar-refractivity contribution in [3.05, 3.63) is 33.9 Å². The van der Waals surface area contributed by atoms with Crippen LogP contribution in [0.1, 0.15) is 46.1 Å². The van der Waals surface area contributed by atoms with Gasteiger partial charge in [-0.25, -0.2) is 0 Å². The highest BCUT2D eigenvalue weighted by Gasteiger charge is 2.16. The lowest BCUT2D eigenvalue weighted by atomic mass is 10.1. The van der Waals surface area contributed by atoms with E-state index >= 15 is 0 Å². The van der Waals surface area contributed by atoms with Crippen LogP contribution in [0.4, 0.5) is 5.69 Å². The molecule has 0 aliphatic rings. The van der Waals surface area contributed by atoms with E-state index in [1.807, 2.05) is 19.9 Å². The van der Waals surface area contributed by atoms with Crippen LogP contribution in [-0.2, 0) is 6.54 Å². The largest absolute Gasteiger partial charge is 0.487 e. The van der Waals surface area contributed by atoms with Crippen molar-refractivity contribution in [3.8, 4) is 5.75 Å². The monoisotopic (exact) mass is 294 g/mol. The topological polar surface area (TPSA) is 64.4 Å². The Morgan fingerprint density at radius 1 is 1.29 bits per heavy atom. The van der Waals surface area contributed by atoms with Gasteiger partial charge >= 0.3 is 5.69 Å². The fourth-order valence-electron chi connectivity index (χ4n) is 1.93. The summed E-state index contributed by atoms with van der Waals surface area (Å²) in [7, 11) is 0. The maximum absolute atomic E-state index is 11.2. The molecule has 0 heterocycles. The molecule has 1 aromatic carbocycles.